The molecule has 1 amide bonds. The zero-order chi connectivity index (χ0) is 23.5. The van der Waals surface area contributed by atoms with Gasteiger partial charge in [0.25, 0.3) is 5.91 Å². The van der Waals surface area contributed by atoms with E-state index in [0.29, 0.717) is 22.9 Å². The van der Waals surface area contributed by atoms with Gasteiger partial charge in [0.15, 0.2) is 11.6 Å². The number of hydrogen-bond donors (Lipinski definition) is 2. The van der Waals surface area contributed by atoms with Crippen molar-refractivity contribution in [2.75, 3.05) is 29.6 Å². The monoisotopic (exact) mass is 441 g/mol. The van der Waals surface area contributed by atoms with Gasteiger partial charge in [0, 0.05) is 42.4 Å². The molecule has 0 spiro atoms. The van der Waals surface area contributed by atoms with Crippen LogP contribution in [0, 0.1) is 20.8 Å². The standard InChI is InChI=1S/C25H27N7O/c1-16-17(2)30-32(18(16)3)24-15-14-23(28-29-24)26-20-8-10-21(11-9-20)27-25(33)19-6-12-22(13-7-19)31(4)5/h6-15H,1-5H3,(H,26,28)(H,27,33). The van der Waals surface area contributed by atoms with Crippen LogP contribution in [0.25, 0.3) is 5.82 Å². The van der Waals surface area contributed by atoms with Crippen molar-refractivity contribution in [3.05, 3.63) is 83.2 Å². The summed E-state index contributed by atoms with van der Waals surface area (Å²) in [5.41, 5.74) is 6.38. The van der Waals surface area contributed by atoms with Gasteiger partial charge in [-0.3, -0.25) is 4.79 Å². The van der Waals surface area contributed by atoms with E-state index >= 15 is 0 Å². The summed E-state index contributed by atoms with van der Waals surface area (Å²) in [4.78, 5) is 14.5. The van der Waals surface area contributed by atoms with Gasteiger partial charge in [0.2, 0.25) is 0 Å². The summed E-state index contributed by atoms with van der Waals surface area (Å²) in [6, 6.07) is 18.7. The highest BCUT2D eigenvalue weighted by atomic mass is 16.1. The predicted molar refractivity (Wildman–Crippen MR) is 132 cm³/mol. The Kier molecular flexibility index (Phi) is 6.08. The summed E-state index contributed by atoms with van der Waals surface area (Å²) in [5, 5.41) is 19.2. The molecule has 2 aromatic heterocycles. The van der Waals surface area contributed by atoms with Crippen LogP contribution in [0.3, 0.4) is 0 Å². The Labute approximate surface area is 193 Å². The topological polar surface area (TPSA) is 88.0 Å². The van der Waals surface area contributed by atoms with Crippen LogP contribution in [0.1, 0.15) is 27.3 Å². The van der Waals surface area contributed by atoms with Crippen molar-refractivity contribution in [1.29, 1.82) is 0 Å². The third-order valence-electron chi connectivity index (χ3n) is 5.58. The Morgan fingerprint density at radius 2 is 1.52 bits per heavy atom. The van der Waals surface area contributed by atoms with Gasteiger partial charge in [-0.1, -0.05) is 0 Å². The lowest BCUT2D eigenvalue weighted by Crippen LogP contribution is -2.13. The summed E-state index contributed by atoms with van der Waals surface area (Å²) < 4.78 is 1.80. The first-order valence-electron chi connectivity index (χ1n) is 10.6. The number of carbonyl (C=O) groups is 1. The molecule has 4 aromatic rings. The zero-order valence-corrected chi connectivity index (χ0v) is 19.4. The second kappa shape index (κ2) is 9.12. The maximum absolute atomic E-state index is 12.5. The van der Waals surface area contributed by atoms with Crippen molar-refractivity contribution in [3.63, 3.8) is 0 Å². The molecule has 2 heterocycles. The van der Waals surface area contributed by atoms with Crippen LogP contribution in [-0.2, 0) is 0 Å². The highest BCUT2D eigenvalue weighted by Gasteiger charge is 2.11. The molecule has 2 N–H and O–H groups in total. The highest BCUT2D eigenvalue weighted by molar-refractivity contribution is 6.04. The predicted octanol–water partition coefficient (Wildman–Crippen LogP) is 4.65. The molecule has 0 aliphatic carbocycles. The first-order chi connectivity index (χ1) is 15.8. The van der Waals surface area contributed by atoms with Crippen LogP contribution in [0.5, 0.6) is 0 Å². The van der Waals surface area contributed by atoms with Crippen LogP contribution in [0.15, 0.2) is 60.7 Å². The van der Waals surface area contributed by atoms with Crippen molar-refractivity contribution in [2.24, 2.45) is 0 Å². The minimum Gasteiger partial charge on any atom is -0.378 e. The molecule has 33 heavy (non-hydrogen) atoms. The molecule has 0 bridgehead atoms. The van der Waals surface area contributed by atoms with Gasteiger partial charge >= 0.3 is 0 Å². The van der Waals surface area contributed by atoms with E-state index in [2.05, 4.69) is 25.9 Å². The van der Waals surface area contributed by atoms with E-state index in [1.807, 2.05) is 100 Å². The van der Waals surface area contributed by atoms with Crippen molar-refractivity contribution in [3.8, 4) is 5.82 Å². The number of rotatable bonds is 6. The smallest absolute Gasteiger partial charge is 0.255 e. The quantitative estimate of drug-likeness (QED) is 0.453. The molecule has 0 saturated heterocycles. The third-order valence-corrected chi connectivity index (χ3v) is 5.58. The Morgan fingerprint density at radius 3 is 2.06 bits per heavy atom. The lowest BCUT2D eigenvalue weighted by molar-refractivity contribution is 0.102. The second-order valence-electron chi connectivity index (χ2n) is 8.08. The van der Waals surface area contributed by atoms with Gasteiger partial charge in [-0.25, -0.2) is 4.68 Å². The van der Waals surface area contributed by atoms with Gasteiger partial charge in [0.05, 0.1) is 5.69 Å². The Balaban J connectivity index is 1.39. The van der Waals surface area contributed by atoms with E-state index in [1.54, 1.807) is 4.68 Å². The number of aromatic nitrogens is 4. The van der Waals surface area contributed by atoms with E-state index in [1.165, 1.54) is 0 Å². The minimum absolute atomic E-state index is 0.151. The lowest BCUT2D eigenvalue weighted by Gasteiger charge is -2.13. The summed E-state index contributed by atoms with van der Waals surface area (Å²) in [5.74, 6) is 1.14. The molecule has 0 atom stereocenters. The molecule has 0 aliphatic heterocycles. The Bertz CT molecular complexity index is 1260. The first-order valence-corrected chi connectivity index (χ1v) is 10.6. The van der Waals surface area contributed by atoms with Crippen LogP contribution in [0.2, 0.25) is 0 Å². The molecular formula is C25H27N7O. The molecule has 8 heteroatoms. The Hall–Kier alpha value is -4.20. The van der Waals surface area contributed by atoms with Gasteiger partial charge in [0.1, 0.15) is 0 Å². The van der Waals surface area contributed by atoms with Gasteiger partial charge < -0.3 is 15.5 Å². The first kappa shape index (κ1) is 22.0. The number of benzene rings is 2. The number of hydrogen-bond acceptors (Lipinski definition) is 6. The van der Waals surface area contributed by atoms with E-state index in [0.717, 1.165) is 28.3 Å². The SMILES string of the molecule is Cc1nn(-c2ccc(Nc3ccc(NC(=O)c4ccc(N(C)C)cc4)cc3)nn2)c(C)c1C. The summed E-state index contributed by atoms with van der Waals surface area (Å²) in [7, 11) is 3.93. The van der Waals surface area contributed by atoms with Gasteiger partial charge in [-0.15, -0.1) is 10.2 Å². The molecule has 0 aliphatic rings. The third kappa shape index (κ3) is 4.85. The number of aryl methyl sites for hydroxylation is 1. The minimum atomic E-state index is -0.151. The average molecular weight is 442 g/mol. The molecular weight excluding hydrogens is 414 g/mol. The van der Waals surface area contributed by atoms with Crippen molar-refractivity contribution in [1.82, 2.24) is 20.0 Å². The lowest BCUT2D eigenvalue weighted by atomic mass is 10.2. The number of amides is 1. The van der Waals surface area contributed by atoms with Crippen LogP contribution >= 0.6 is 0 Å². The van der Waals surface area contributed by atoms with Crippen molar-refractivity contribution in [2.45, 2.75) is 20.8 Å². The molecule has 0 radical (unpaired) electrons. The molecule has 0 fully saturated rings. The fourth-order valence-corrected chi connectivity index (χ4v) is 3.35. The molecule has 2 aromatic carbocycles. The van der Waals surface area contributed by atoms with Crippen LogP contribution in [0.4, 0.5) is 22.9 Å². The van der Waals surface area contributed by atoms with E-state index in [-0.39, 0.29) is 5.91 Å². The molecule has 0 saturated carbocycles. The van der Waals surface area contributed by atoms with E-state index < -0.39 is 0 Å². The Morgan fingerprint density at radius 1 is 0.848 bits per heavy atom. The fraction of sp³-hybridized carbons (Fsp3) is 0.200. The molecule has 0 unspecified atom stereocenters. The molecule has 8 nitrogen and oxygen atoms in total. The fourth-order valence-electron chi connectivity index (χ4n) is 3.35. The van der Waals surface area contributed by atoms with Gasteiger partial charge in [-0.05, 0) is 87.0 Å². The maximum atomic E-state index is 12.5. The maximum Gasteiger partial charge on any atom is 0.255 e. The van der Waals surface area contributed by atoms with Crippen molar-refractivity contribution >= 4 is 28.8 Å². The normalized spacial score (nSPS) is 10.7. The van der Waals surface area contributed by atoms with E-state index in [4.69, 9.17) is 0 Å². The second-order valence-corrected chi connectivity index (χ2v) is 8.08. The summed E-state index contributed by atoms with van der Waals surface area (Å²) in [6.07, 6.45) is 0. The number of nitrogens with one attached hydrogen (secondary N) is 2. The summed E-state index contributed by atoms with van der Waals surface area (Å²) in [6.45, 7) is 6.04. The molecule has 4 rings (SSSR count). The van der Waals surface area contributed by atoms with E-state index in [9.17, 15) is 4.79 Å². The van der Waals surface area contributed by atoms with Crippen molar-refractivity contribution < 1.29 is 4.79 Å². The number of anilines is 4. The number of carbonyl (C=O) groups excluding carboxylic acids is 1. The number of nitrogens with zero attached hydrogens (tertiary/aromatic N) is 5. The highest BCUT2D eigenvalue weighted by Crippen LogP contribution is 2.20. The average Bonchev–Trinajstić information content (AvgIpc) is 3.08. The van der Waals surface area contributed by atoms with Gasteiger partial charge in [-0.2, -0.15) is 5.10 Å². The van der Waals surface area contributed by atoms with Crippen LogP contribution in [-0.4, -0.2) is 40.0 Å². The largest absolute Gasteiger partial charge is 0.378 e. The summed E-state index contributed by atoms with van der Waals surface area (Å²) >= 11 is 0. The van der Waals surface area contributed by atoms with Crippen LogP contribution < -0.4 is 15.5 Å². The zero-order valence-electron chi connectivity index (χ0n) is 19.4. The molecule has 168 valence electrons.